The number of hydrogen-bond donors (Lipinski definition) is 1. The topological polar surface area (TPSA) is 75.7 Å². The van der Waals surface area contributed by atoms with E-state index in [0.29, 0.717) is 22.2 Å². The van der Waals surface area contributed by atoms with Gasteiger partial charge in [0, 0.05) is 11.6 Å². The maximum atomic E-state index is 13.1. The molecular weight excluding hydrogens is 443 g/mol. The van der Waals surface area contributed by atoms with Crippen LogP contribution in [-0.4, -0.2) is 31.7 Å². The van der Waals surface area contributed by atoms with Gasteiger partial charge in [-0.05, 0) is 54.6 Å². The van der Waals surface area contributed by atoms with Gasteiger partial charge in [0.05, 0.1) is 17.1 Å². The Hall–Kier alpha value is -2.94. The first-order valence-electron chi connectivity index (χ1n) is 9.37. The van der Waals surface area contributed by atoms with E-state index < -0.39 is 28.3 Å². The van der Waals surface area contributed by atoms with E-state index >= 15 is 0 Å². The summed E-state index contributed by atoms with van der Waals surface area (Å²) in [5, 5.41) is 3.03. The second-order valence-electron chi connectivity index (χ2n) is 6.49. The highest BCUT2D eigenvalue weighted by atomic mass is 35.5. The summed E-state index contributed by atoms with van der Waals surface area (Å²) in [5.74, 6) is -0.206. The van der Waals surface area contributed by atoms with Crippen LogP contribution < -0.4 is 10.1 Å². The Bertz CT molecular complexity index is 1160. The van der Waals surface area contributed by atoms with Gasteiger partial charge in [-0.15, -0.1) is 0 Å². The molecule has 0 bridgehead atoms. The minimum absolute atomic E-state index is 0.0516. The van der Waals surface area contributed by atoms with Gasteiger partial charge in [0.1, 0.15) is 11.6 Å². The summed E-state index contributed by atoms with van der Waals surface area (Å²) in [4.78, 5) is 12.6. The van der Waals surface area contributed by atoms with Crippen molar-refractivity contribution in [1.82, 2.24) is 4.31 Å². The lowest BCUT2D eigenvalue weighted by Crippen LogP contribution is -2.37. The standard InChI is InChI=1S/C22H20ClFN2O4S/c1-2-26(31(28,29)19-11-9-17(24)10-12-19)15-22(27)25-20-14-16(23)8-13-21(20)30-18-6-4-3-5-7-18/h3-14H,2,15H2,1H3,(H,25,27). The third-order valence-electron chi connectivity index (χ3n) is 4.31. The van der Waals surface area contributed by atoms with Gasteiger partial charge in [-0.3, -0.25) is 4.79 Å². The molecule has 0 fully saturated rings. The van der Waals surface area contributed by atoms with Gasteiger partial charge in [-0.2, -0.15) is 4.31 Å². The lowest BCUT2D eigenvalue weighted by atomic mass is 10.2. The average Bonchev–Trinajstić information content (AvgIpc) is 2.75. The molecule has 0 saturated heterocycles. The molecule has 3 aromatic rings. The molecule has 1 amide bonds. The number of halogens is 2. The quantitative estimate of drug-likeness (QED) is 0.515. The van der Waals surface area contributed by atoms with E-state index in [-0.39, 0.29) is 11.4 Å². The fourth-order valence-electron chi connectivity index (χ4n) is 2.78. The van der Waals surface area contributed by atoms with Crippen molar-refractivity contribution in [3.8, 4) is 11.5 Å². The second-order valence-corrected chi connectivity index (χ2v) is 8.86. The fourth-order valence-corrected chi connectivity index (χ4v) is 4.35. The highest BCUT2D eigenvalue weighted by Gasteiger charge is 2.25. The largest absolute Gasteiger partial charge is 0.455 e. The minimum atomic E-state index is -3.97. The maximum absolute atomic E-state index is 13.1. The molecule has 0 radical (unpaired) electrons. The molecule has 0 atom stereocenters. The Morgan fingerprint density at radius 3 is 2.39 bits per heavy atom. The predicted octanol–water partition coefficient (Wildman–Crippen LogP) is 4.92. The second kappa shape index (κ2) is 9.91. The summed E-state index contributed by atoms with van der Waals surface area (Å²) in [6, 6.07) is 18.2. The number of sulfonamides is 1. The van der Waals surface area contributed by atoms with Crippen LogP contribution in [0.5, 0.6) is 11.5 Å². The average molecular weight is 463 g/mol. The van der Waals surface area contributed by atoms with Gasteiger partial charge in [-0.1, -0.05) is 36.7 Å². The first-order valence-corrected chi connectivity index (χ1v) is 11.2. The summed E-state index contributed by atoms with van der Waals surface area (Å²) < 4.78 is 45.5. The molecule has 0 heterocycles. The number of nitrogens with one attached hydrogen (secondary N) is 1. The lowest BCUT2D eigenvalue weighted by molar-refractivity contribution is -0.116. The lowest BCUT2D eigenvalue weighted by Gasteiger charge is -2.20. The van der Waals surface area contributed by atoms with E-state index in [2.05, 4.69) is 5.32 Å². The van der Waals surface area contributed by atoms with E-state index in [4.69, 9.17) is 16.3 Å². The molecule has 0 aliphatic heterocycles. The Morgan fingerprint density at radius 2 is 1.74 bits per heavy atom. The minimum Gasteiger partial charge on any atom is -0.455 e. The number of ether oxygens (including phenoxy) is 1. The Morgan fingerprint density at radius 1 is 1.06 bits per heavy atom. The smallest absolute Gasteiger partial charge is 0.243 e. The van der Waals surface area contributed by atoms with Crippen LogP contribution in [0.15, 0.2) is 77.7 Å². The zero-order chi connectivity index (χ0) is 22.4. The van der Waals surface area contributed by atoms with E-state index in [1.807, 2.05) is 18.2 Å². The molecule has 9 heteroatoms. The first-order chi connectivity index (χ1) is 14.8. The van der Waals surface area contributed by atoms with Crippen molar-refractivity contribution in [2.75, 3.05) is 18.4 Å². The molecule has 0 saturated carbocycles. The number of hydrogen-bond acceptors (Lipinski definition) is 4. The number of carbonyl (C=O) groups excluding carboxylic acids is 1. The van der Waals surface area contributed by atoms with Crippen LogP contribution >= 0.6 is 11.6 Å². The molecule has 162 valence electrons. The van der Waals surface area contributed by atoms with Crippen molar-refractivity contribution >= 4 is 33.2 Å². The monoisotopic (exact) mass is 462 g/mol. The summed E-state index contributed by atoms with van der Waals surface area (Å²) in [7, 11) is -3.97. The van der Waals surface area contributed by atoms with Crippen LogP contribution in [0.1, 0.15) is 6.92 Å². The fraction of sp³-hybridized carbons (Fsp3) is 0.136. The number of likely N-dealkylation sites (N-methyl/N-ethyl adjacent to an activating group) is 1. The molecular formula is C22H20ClFN2O4S. The molecule has 0 aliphatic carbocycles. The van der Waals surface area contributed by atoms with Gasteiger partial charge >= 0.3 is 0 Å². The number of amides is 1. The van der Waals surface area contributed by atoms with Gasteiger partial charge in [0.2, 0.25) is 15.9 Å². The Balaban J connectivity index is 1.77. The third-order valence-corrected chi connectivity index (χ3v) is 6.48. The molecule has 0 spiro atoms. The van der Waals surface area contributed by atoms with Gasteiger partial charge in [-0.25, -0.2) is 12.8 Å². The maximum Gasteiger partial charge on any atom is 0.243 e. The van der Waals surface area contributed by atoms with Crippen molar-refractivity contribution in [1.29, 1.82) is 0 Å². The van der Waals surface area contributed by atoms with Crippen LogP contribution in [0.4, 0.5) is 10.1 Å². The van der Waals surface area contributed by atoms with Crippen molar-refractivity contribution in [3.63, 3.8) is 0 Å². The first kappa shape index (κ1) is 22.7. The van der Waals surface area contributed by atoms with Gasteiger partial charge in [0.15, 0.2) is 5.75 Å². The number of para-hydroxylation sites is 1. The zero-order valence-electron chi connectivity index (χ0n) is 16.6. The highest BCUT2D eigenvalue weighted by Crippen LogP contribution is 2.32. The molecule has 0 unspecified atom stereocenters. The molecule has 6 nitrogen and oxygen atoms in total. The van der Waals surface area contributed by atoms with Crippen LogP contribution in [0.2, 0.25) is 5.02 Å². The van der Waals surface area contributed by atoms with Crippen molar-refractivity contribution < 1.29 is 22.3 Å². The number of rotatable bonds is 8. The Labute approximate surface area is 185 Å². The van der Waals surface area contributed by atoms with E-state index in [9.17, 15) is 17.6 Å². The molecule has 1 N–H and O–H groups in total. The van der Waals surface area contributed by atoms with Crippen LogP contribution in [-0.2, 0) is 14.8 Å². The van der Waals surface area contributed by atoms with Crippen LogP contribution in [0.25, 0.3) is 0 Å². The van der Waals surface area contributed by atoms with Gasteiger partial charge < -0.3 is 10.1 Å². The molecule has 3 aromatic carbocycles. The predicted molar refractivity (Wildman–Crippen MR) is 117 cm³/mol. The highest BCUT2D eigenvalue weighted by molar-refractivity contribution is 7.89. The van der Waals surface area contributed by atoms with E-state index in [0.717, 1.165) is 28.6 Å². The van der Waals surface area contributed by atoms with Crippen molar-refractivity contribution in [2.45, 2.75) is 11.8 Å². The number of carbonyl (C=O) groups is 1. The normalized spacial score (nSPS) is 11.4. The number of anilines is 1. The molecule has 0 aliphatic rings. The zero-order valence-corrected chi connectivity index (χ0v) is 18.2. The van der Waals surface area contributed by atoms with Crippen molar-refractivity contribution in [3.05, 3.63) is 83.6 Å². The van der Waals surface area contributed by atoms with E-state index in [1.165, 1.54) is 6.07 Å². The summed E-state index contributed by atoms with van der Waals surface area (Å²) in [5.41, 5.74) is 0.302. The number of nitrogens with zero attached hydrogens (tertiary/aromatic N) is 1. The van der Waals surface area contributed by atoms with Crippen molar-refractivity contribution in [2.24, 2.45) is 0 Å². The van der Waals surface area contributed by atoms with Crippen LogP contribution in [0, 0.1) is 5.82 Å². The molecule has 0 aromatic heterocycles. The Kier molecular flexibility index (Phi) is 7.27. The summed E-state index contributed by atoms with van der Waals surface area (Å²) in [6.45, 7) is 1.22. The van der Waals surface area contributed by atoms with Crippen LogP contribution in [0.3, 0.4) is 0 Å². The van der Waals surface area contributed by atoms with E-state index in [1.54, 1.807) is 31.2 Å². The SMILES string of the molecule is CCN(CC(=O)Nc1cc(Cl)ccc1Oc1ccccc1)S(=O)(=O)c1ccc(F)cc1. The molecule has 3 rings (SSSR count). The number of benzene rings is 3. The third kappa shape index (κ3) is 5.81. The van der Waals surface area contributed by atoms with Gasteiger partial charge in [0.25, 0.3) is 0 Å². The molecule has 31 heavy (non-hydrogen) atoms. The summed E-state index contributed by atoms with van der Waals surface area (Å²) in [6.07, 6.45) is 0. The summed E-state index contributed by atoms with van der Waals surface area (Å²) >= 11 is 6.06.